The zero-order valence-electron chi connectivity index (χ0n) is 10.6. The molecule has 1 fully saturated rings. The molecule has 0 saturated carbocycles. The molecule has 3 N–H and O–H groups in total. The number of phenolic OH excluding ortho intramolecular Hbond substituents is 1. The number of nitrogens with one attached hydrogen (secondary N) is 2. The molecular formula is C13H19N3O2. The van der Waals surface area contributed by atoms with E-state index in [0.717, 1.165) is 31.7 Å². The van der Waals surface area contributed by atoms with E-state index in [0.29, 0.717) is 12.2 Å². The van der Waals surface area contributed by atoms with Gasteiger partial charge in [-0.3, -0.25) is 9.69 Å². The maximum atomic E-state index is 11.9. The predicted octanol–water partition coefficient (Wildman–Crippen LogP) is 0.544. The molecule has 1 heterocycles. The van der Waals surface area contributed by atoms with Crippen LogP contribution < -0.4 is 10.6 Å². The molecular weight excluding hydrogens is 230 g/mol. The first-order chi connectivity index (χ1) is 8.66. The Morgan fingerprint density at radius 3 is 2.89 bits per heavy atom. The number of hydrogen-bond acceptors (Lipinski definition) is 4. The maximum absolute atomic E-state index is 11.9. The van der Waals surface area contributed by atoms with Gasteiger partial charge in [0.2, 0.25) is 5.91 Å². The molecule has 0 aromatic heterocycles. The highest BCUT2D eigenvalue weighted by molar-refractivity contribution is 5.93. The first kappa shape index (κ1) is 12.9. The standard InChI is InChI=1S/C13H19N3O2/c1-10-3-2-4-11(13(10)18)15-12(17)9-16-7-5-14-6-8-16/h2-4,14,18H,5-9H2,1H3,(H,15,17). The number of piperazine rings is 1. The van der Waals surface area contributed by atoms with E-state index in [1.165, 1.54) is 0 Å². The van der Waals surface area contributed by atoms with E-state index < -0.39 is 0 Å². The number of hydrogen-bond donors (Lipinski definition) is 3. The molecule has 2 rings (SSSR count). The first-order valence-electron chi connectivity index (χ1n) is 6.18. The van der Waals surface area contributed by atoms with Crippen molar-refractivity contribution in [3.8, 4) is 5.75 Å². The number of aromatic hydroxyl groups is 1. The molecule has 0 bridgehead atoms. The topological polar surface area (TPSA) is 64.6 Å². The van der Waals surface area contributed by atoms with E-state index in [-0.39, 0.29) is 11.7 Å². The molecule has 18 heavy (non-hydrogen) atoms. The molecule has 1 aliphatic rings. The fourth-order valence-electron chi connectivity index (χ4n) is 2.02. The molecule has 0 unspecified atom stereocenters. The van der Waals surface area contributed by atoms with E-state index in [9.17, 15) is 9.90 Å². The monoisotopic (exact) mass is 249 g/mol. The number of carbonyl (C=O) groups excluding carboxylic acids is 1. The Morgan fingerprint density at radius 1 is 1.44 bits per heavy atom. The first-order valence-corrected chi connectivity index (χ1v) is 6.18. The van der Waals surface area contributed by atoms with Crippen molar-refractivity contribution >= 4 is 11.6 Å². The Bertz CT molecular complexity index is 428. The van der Waals surface area contributed by atoms with Gasteiger partial charge in [0.15, 0.2) is 0 Å². The van der Waals surface area contributed by atoms with Gasteiger partial charge in [-0.25, -0.2) is 0 Å². The van der Waals surface area contributed by atoms with Gasteiger partial charge < -0.3 is 15.7 Å². The Labute approximate surface area is 107 Å². The van der Waals surface area contributed by atoms with Crippen LogP contribution in [-0.4, -0.2) is 48.6 Å². The van der Waals surface area contributed by atoms with Crippen molar-refractivity contribution in [1.82, 2.24) is 10.2 Å². The molecule has 1 saturated heterocycles. The second-order valence-electron chi connectivity index (χ2n) is 4.55. The zero-order valence-corrected chi connectivity index (χ0v) is 10.6. The number of phenols is 1. The zero-order chi connectivity index (χ0) is 13.0. The highest BCUT2D eigenvalue weighted by Crippen LogP contribution is 2.26. The van der Waals surface area contributed by atoms with E-state index in [1.54, 1.807) is 19.1 Å². The summed E-state index contributed by atoms with van der Waals surface area (Å²) in [5.41, 5.74) is 1.24. The van der Waals surface area contributed by atoms with Gasteiger partial charge in [0.05, 0.1) is 12.2 Å². The largest absolute Gasteiger partial charge is 0.505 e. The van der Waals surface area contributed by atoms with Gasteiger partial charge in [0, 0.05) is 26.2 Å². The fraction of sp³-hybridized carbons (Fsp3) is 0.462. The molecule has 1 aromatic rings. The lowest BCUT2D eigenvalue weighted by Gasteiger charge is -2.26. The van der Waals surface area contributed by atoms with Crippen molar-refractivity contribution in [2.75, 3.05) is 38.0 Å². The van der Waals surface area contributed by atoms with Gasteiger partial charge >= 0.3 is 0 Å². The second-order valence-corrected chi connectivity index (χ2v) is 4.55. The van der Waals surface area contributed by atoms with Crippen molar-refractivity contribution in [2.45, 2.75) is 6.92 Å². The van der Waals surface area contributed by atoms with E-state index in [1.807, 2.05) is 6.07 Å². The maximum Gasteiger partial charge on any atom is 0.238 e. The second kappa shape index (κ2) is 5.84. The molecule has 5 nitrogen and oxygen atoms in total. The lowest BCUT2D eigenvalue weighted by molar-refractivity contribution is -0.117. The summed E-state index contributed by atoms with van der Waals surface area (Å²) < 4.78 is 0. The number of carbonyl (C=O) groups is 1. The van der Waals surface area contributed by atoms with Crippen LogP contribution >= 0.6 is 0 Å². The minimum Gasteiger partial charge on any atom is -0.505 e. The summed E-state index contributed by atoms with van der Waals surface area (Å²) in [6.07, 6.45) is 0. The number of aryl methyl sites for hydroxylation is 1. The van der Waals surface area contributed by atoms with Gasteiger partial charge in [-0.05, 0) is 18.6 Å². The molecule has 1 aliphatic heterocycles. The predicted molar refractivity (Wildman–Crippen MR) is 70.8 cm³/mol. The fourth-order valence-corrected chi connectivity index (χ4v) is 2.02. The van der Waals surface area contributed by atoms with Crippen molar-refractivity contribution in [1.29, 1.82) is 0 Å². The molecule has 0 aliphatic carbocycles. The Hall–Kier alpha value is -1.59. The summed E-state index contributed by atoms with van der Waals surface area (Å²) >= 11 is 0. The van der Waals surface area contributed by atoms with Crippen LogP contribution in [-0.2, 0) is 4.79 Å². The number of rotatable bonds is 3. The molecule has 0 atom stereocenters. The van der Waals surface area contributed by atoms with E-state index in [4.69, 9.17) is 0 Å². The number of anilines is 1. The van der Waals surface area contributed by atoms with Gasteiger partial charge in [-0.15, -0.1) is 0 Å². The summed E-state index contributed by atoms with van der Waals surface area (Å²) in [7, 11) is 0. The van der Waals surface area contributed by atoms with Gasteiger partial charge in [-0.1, -0.05) is 12.1 Å². The molecule has 0 radical (unpaired) electrons. The Kier molecular flexibility index (Phi) is 4.17. The lowest BCUT2D eigenvalue weighted by atomic mass is 10.2. The highest BCUT2D eigenvalue weighted by Gasteiger charge is 2.14. The van der Waals surface area contributed by atoms with E-state index in [2.05, 4.69) is 15.5 Å². The van der Waals surface area contributed by atoms with Gasteiger partial charge in [0.25, 0.3) is 0 Å². The average Bonchev–Trinajstić information content (AvgIpc) is 2.36. The molecule has 1 aromatic carbocycles. The van der Waals surface area contributed by atoms with Crippen LogP contribution in [0.5, 0.6) is 5.75 Å². The Morgan fingerprint density at radius 2 is 2.17 bits per heavy atom. The van der Waals surface area contributed by atoms with Crippen LogP contribution in [0.3, 0.4) is 0 Å². The van der Waals surface area contributed by atoms with Crippen LogP contribution in [0.15, 0.2) is 18.2 Å². The summed E-state index contributed by atoms with van der Waals surface area (Å²) in [6, 6.07) is 5.33. The van der Waals surface area contributed by atoms with Crippen LogP contribution in [0.2, 0.25) is 0 Å². The molecule has 1 amide bonds. The summed E-state index contributed by atoms with van der Waals surface area (Å²) in [6.45, 7) is 5.78. The molecule has 98 valence electrons. The Balaban J connectivity index is 1.92. The minimum atomic E-state index is -0.0854. The minimum absolute atomic E-state index is 0.0854. The average molecular weight is 249 g/mol. The quantitative estimate of drug-likeness (QED) is 0.684. The molecule has 0 spiro atoms. The van der Waals surface area contributed by atoms with Crippen LogP contribution in [0, 0.1) is 6.92 Å². The highest BCUT2D eigenvalue weighted by atomic mass is 16.3. The number of benzene rings is 1. The van der Waals surface area contributed by atoms with Crippen molar-refractivity contribution in [2.24, 2.45) is 0 Å². The van der Waals surface area contributed by atoms with Crippen LogP contribution in [0.4, 0.5) is 5.69 Å². The third-order valence-electron chi connectivity index (χ3n) is 3.09. The summed E-state index contributed by atoms with van der Waals surface area (Å²) in [5.74, 6) is 0.0592. The van der Waals surface area contributed by atoms with E-state index >= 15 is 0 Å². The van der Waals surface area contributed by atoms with Crippen molar-refractivity contribution < 1.29 is 9.90 Å². The van der Waals surface area contributed by atoms with Crippen LogP contribution in [0.25, 0.3) is 0 Å². The normalized spacial score (nSPS) is 16.5. The summed E-state index contributed by atoms with van der Waals surface area (Å²) in [4.78, 5) is 14.0. The number of para-hydroxylation sites is 1. The number of nitrogens with zero attached hydrogens (tertiary/aromatic N) is 1. The number of amides is 1. The lowest BCUT2D eigenvalue weighted by Crippen LogP contribution is -2.46. The van der Waals surface area contributed by atoms with Gasteiger partial charge in [-0.2, -0.15) is 0 Å². The molecule has 5 heteroatoms. The van der Waals surface area contributed by atoms with Gasteiger partial charge in [0.1, 0.15) is 5.75 Å². The third kappa shape index (κ3) is 3.21. The third-order valence-corrected chi connectivity index (χ3v) is 3.09. The van der Waals surface area contributed by atoms with Crippen molar-refractivity contribution in [3.63, 3.8) is 0 Å². The SMILES string of the molecule is Cc1cccc(NC(=O)CN2CCNCC2)c1O. The smallest absolute Gasteiger partial charge is 0.238 e. The van der Waals surface area contributed by atoms with Crippen LogP contribution in [0.1, 0.15) is 5.56 Å². The summed E-state index contributed by atoms with van der Waals surface area (Å²) in [5, 5.41) is 15.8. The van der Waals surface area contributed by atoms with Crippen molar-refractivity contribution in [3.05, 3.63) is 23.8 Å².